The second-order valence-electron chi connectivity index (χ2n) is 9.46. The van der Waals surface area contributed by atoms with E-state index in [1.807, 2.05) is 13.8 Å². The summed E-state index contributed by atoms with van der Waals surface area (Å²) in [6, 6.07) is 11.5. The molecule has 0 radical (unpaired) electrons. The van der Waals surface area contributed by atoms with Crippen molar-refractivity contribution < 1.29 is 32.6 Å². The number of carboxylic acids is 1. The van der Waals surface area contributed by atoms with Gasteiger partial charge in [-0.1, -0.05) is 12.1 Å². The number of aromatic nitrogens is 2. The third kappa shape index (κ3) is 6.13. The van der Waals surface area contributed by atoms with Crippen LogP contribution in [-0.4, -0.2) is 32.2 Å². The Bertz CT molecular complexity index is 1260. The van der Waals surface area contributed by atoms with Gasteiger partial charge in [-0.05, 0) is 83.0 Å². The molecule has 0 unspecified atom stereocenters. The van der Waals surface area contributed by atoms with Gasteiger partial charge < -0.3 is 9.84 Å². The molecular formula is C27H29F3N2O4. The molecule has 1 N–H and O–H groups in total. The summed E-state index contributed by atoms with van der Waals surface area (Å²) in [5.41, 5.74) is 0.894. The molecule has 0 saturated carbocycles. The molecule has 1 heterocycles. The van der Waals surface area contributed by atoms with Crippen molar-refractivity contribution in [1.82, 2.24) is 9.78 Å². The SMILES string of the molecule is Cc1cc(C(=O)CCc2cc(-c3ccc(C(F)(F)F)cc3)nn2C(C)C)ccc1OC(C)(C)C(=O)O. The Labute approximate surface area is 207 Å². The molecule has 0 aliphatic carbocycles. The lowest BCUT2D eigenvalue weighted by Gasteiger charge is -2.23. The van der Waals surface area contributed by atoms with Crippen LogP contribution < -0.4 is 4.74 Å². The molecule has 2 aromatic carbocycles. The van der Waals surface area contributed by atoms with Crippen LogP contribution in [0, 0.1) is 6.92 Å². The maximum Gasteiger partial charge on any atom is 0.416 e. The molecule has 0 bridgehead atoms. The zero-order chi connectivity index (χ0) is 26.8. The van der Waals surface area contributed by atoms with E-state index in [1.165, 1.54) is 26.0 Å². The highest BCUT2D eigenvalue weighted by molar-refractivity contribution is 5.96. The number of ether oxygens (including phenoxy) is 1. The minimum atomic E-state index is -4.41. The van der Waals surface area contributed by atoms with Crippen LogP contribution in [0.25, 0.3) is 11.3 Å². The van der Waals surface area contributed by atoms with Gasteiger partial charge in [0, 0.05) is 29.3 Å². The lowest BCUT2D eigenvalue weighted by molar-refractivity contribution is -0.152. The number of hydrogen-bond acceptors (Lipinski definition) is 4. The number of halogens is 3. The van der Waals surface area contributed by atoms with Crippen LogP contribution in [0.3, 0.4) is 0 Å². The Morgan fingerprint density at radius 3 is 2.22 bits per heavy atom. The number of nitrogens with zero attached hydrogens (tertiary/aromatic N) is 2. The Kier molecular flexibility index (Phi) is 7.62. The molecule has 0 amide bonds. The number of benzene rings is 2. The third-order valence-corrected chi connectivity index (χ3v) is 5.80. The van der Waals surface area contributed by atoms with Gasteiger partial charge in [-0.25, -0.2) is 4.79 Å². The van der Waals surface area contributed by atoms with Gasteiger partial charge in [0.15, 0.2) is 11.4 Å². The highest BCUT2D eigenvalue weighted by atomic mass is 19.4. The molecule has 36 heavy (non-hydrogen) atoms. The second kappa shape index (κ2) is 10.2. The molecule has 0 aliphatic heterocycles. The number of carboxylic acid groups (broad SMARTS) is 1. The normalized spacial score (nSPS) is 12.1. The first-order valence-corrected chi connectivity index (χ1v) is 11.5. The van der Waals surface area contributed by atoms with Gasteiger partial charge in [-0.3, -0.25) is 9.48 Å². The second-order valence-corrected chi connectivity index (χ2v) is 9.46. The predicted molar refractivity (Wildman–Crippen MR) is 129 cm³/mol. The van der Waals surface area contributed by atoms with Crippen molar-refractivity contribution in [3.8, 4) is 17.0 Å². The molecule has 192 valence electrons. The van der Waals surface area contributed by atoms with Crippen LogP contribution in [0.5, 0.6) is 5.75 Å². The number of rotatable bonds is 9. The summed E-state index contributed by atoms with van der Waals surface area (Å²) >= 11 is 0. The van der Waals surface area contributed by atoms with E-state index in [0.717, 1.165) is 17.8 Å². The smallest absolute Gasteiger partial charge is 0.416 e. The highest BCUT2D eigenvalue weighted by Crippen LogP contribution is 2.31. The fourth-order valence-electron chi connectivity index (χ4n) is 3.68. The van der Waals surface area contributed by atoms with E-state index >= 15 is 0 Å². The van der Waals surface area contributed by atoms with Gasteiger partial charge in [0.05, 0.1) is 11.3 Å². The van der Waals surface area contributed by atoms with Crippen LogP contribution in [0.15, 0.2) is 48.5 Å². The number of aryl methyl sites for hydroxylation is 2. The van der Waals surface area contributed by atoms with Crippen molar-refractivity contribution in [1.29, 1.82) is 0 Å². The van der Waals surface area contributed by atoms with Crippen molar-refractivity contribution in [2.75, 3.05) is 0 Å². The van der Waals surface area contributed by atoms with E-state index in [9.17, 15) is 27.9 Å². The Hall–Kier alpha value is -3.62. The van der Waals surface area contributed by atoms with Crippen LogP contribution in [0.2, 0.25) is 0 Å². The summed E-state index contributed by atoms with van der Waals surface area (Å²) in [7, 11) is 0. The van der Waals surface area contributed by atoms with E-state index in [1.54, 1.807) is 35.9 Å². The molecule has 1 aromatic heterocycles. The maximum absolute atomic E-state index is 12.9. The molecule has 0 spiro atoms. The summed E-state index contributed by atoms with van der Waals surface area (Å²) in [5.74, 6) is -0.813. The van der Waals surface area contributed by atoms with E-state index < -0.39 is 23.3 Å². The molecule has 9 heteroatoms. The summed E-state index contributed by atoms with van der Waals surface area (Å²) in [4.78, 5) is 24.2. The first kappa shape index (κ1) is 27.0. The molecule has 0 saturated heterocycles. The number of ketones is 1. The average molecular weight is 503 g/mol. The van der Waals surface area contributed by atoms with Gasteiger partial charge in [0.1, 0.15) is 5.75 Å². The maximum atomic E-state index is 12.9. The number of carbonyl (C=O) groups excluding carboxylic acids is 1. The highest BCUT2D eigenvalue weighted by Gasteiger charge is 2.31. The van der Waals surface area contributed by atoms with E-state index in [4.69, 9.17) is 4.74 Å². The molecule has 0 aliphatic rings. The zero-order valence-corrected chi connectivity index (χ0v) is 20.8. The monoisotopic (exact) mass is 502 g/mol. The summed E-state index contributed by atoms with van der Waals surface area (Å²) in [6.07, 6.45) is -3.81. The first-order chi connectivity index (χ1) is 16.7. The Morgan fingerprint density at radius 2 is 1.69 bits per heavy atom. The molecule has 3 rings (SSSR count). The first-order valence-electron chi connectivity index (χ1n) is 11.5. The molecule has 6 nitrogen and oxygen atoms in total. The number of Topliss-reactive ketones (excluding diaryl/α,β-unsaturated/α-hetero) is 1. The van der Waals surface area contributed by atoms with Crippen LogP contribution in [0.4, 0.5) is 13.2 Å². The quantitative estimate of drug-likeness (QED) is 0.337. The Morgan fingerprint density at radius 1 is 1.06 bits per heavy atom. The van der Waals surface area contributed by atoms with Gasteiger partial charge in [-0.15, -0.1) is 0 Å². The van der Waals surface area contributed by atoms with E-state index in [-0.39, 0.29) is 18.2 Å². The number of carbonyl (C=O) groups is 2. The van der Waals surface area contributed by atoms with Gasteiger partial charge >= 0.3 is 12.1 Å². The van der Waals surface area contributed by atoms with Crippen molar-refractivity contribution in [3.05, 3.63) is 70.9 Å². The zero-order valence-electron chi connectivity index (χ0n) is 20.8. The summed E-state index contributed by atoms with van der Waals surface area (Å²) in [5, 5.41) is 13.8. The van der Waals surface area contributed by atoms with Crippen molar-refractivity contribution in [2.45, 2.75) is 65.3 Å². The minimum absolute atomic E-state index is 0.00503. The van der Waals surface area contributed by atoms with Gasteiger partial charge in [-0.2, -0.15) is 18.3 Å². The van der Waals surface area contributed by atoms with Crippen LogP contribution >= 0.6 is 0 Å². The molecule has 0 fully saturated rings. The largest absolute Gasteiger partial charge is 0.478 e. The van der Waals surface area contributed by atoms with Crippen molar-refractivity contribution >= 4 is 11.8 Å². The summed E-state index contributed by atoms with van der Waals surface area (Å²) < 4.78 is 46.0. The van der Waals surface area contributed by atoms with Crippen LogP contribution in [0.1, 0.15) is 67.3 Å². The lowest BCUT2D eigenvalue weighted by Crippen LogP contribution is -2.38. The number of hydrogen-bond donors (Lipinski definition) is 1. The average Bonchev–Trinajstić information content (AvgIpc) is 3.23. The van der Waals surface area contributed by atoms with E-state index in [2.05, 4.69) is 5.10 Å². The van der Waals surface area contributed by atoms with Gasteiger partial charge in [0.2, 0.25) is 0 Å². The molecule has 0 atom stereocenters. The molecular weight excluding hydrogens is 473 g/mol. The Balaban J connectivity index is 1.75. The van der Waals surface area contributed by atoms with Crippen LogP contribution in [-0.2, 0) is 17.4 Å². The minimum Gasteiger partial charge on any atom is -0.478 e. The van der Waals surface area contributed by atoms with Crippen molar-refractivity contribution in [3.63, 3.8) is 0 Å². The van der Waals surface area contributed by atoms with Crippen molar-refractivity contribution in [2.24, 2.45) is 0 Å². The topological polar surface area (TPSA) is 81.4 Å². The fraction of sp³-hybridized carbons (Fsp3) is 0.370. The summed E-state index contributed by atoms with van der Waals surface area (Å²) in [6.45, 7) is 8.52. The van der Waals surface area contributed by atoms with E-state index in [0.29, 0.717) is 34.6 Å². The number of aliphatic carboxylic acids is 1. The fourth-order valence-corrected chi connectivity index (χ4v) is 3.68. The number of alkyl halides is 3. The standard InChI is InChI=1S/C27H29F3N2O4/c1-16(2)32-21(15-22(31-32)18-6-9-20(10-7-18)27(28,29)30)11-12-23(33)19-8-13-24(17(3)14-19)36-26(4,5)25(34)35/h6-10,13-16H,11-12H2,1-5H3,(H,34,35). The predicted octanol–water partition coefficient (Wildman–Crippen LogP) is 6.52. The lowest BCUT2D eigenvalue weighted by atomic mass is 10.0. The third-order valence-electron chi connectivity index (χ3n) is 5.80. The molecule has 3 aromatic rings. The van der Waals surface area contributed by atoms with Gasteiger partial charge in [0.25, 0.3) is 0 Å².